The van der Waals surface area contributed by atoms with Gasteiger partial charge in [-0.3, -0.25) is 9.59 Å². The number of thioether (sulfide) groups is 1. The average molecular weight is 494 g/mol. The zero-order valence-electron chi connectivity index (χ0n) is 18.1. The summed E-state index contributed by atoms with van der Waals surface area (Å²) < 4.78 is 18.2. The Bertz CT molecular complexity index is 1290. The Labute approximate surface area is 204 Å². The number of carbonyl (C=O) groups is 2. The van der Waals surface area contributed by atoms with E-state index in [0.717, 1.165) is 21.9 Å². The Morgan fingerprint density at radius 1 is 1.03 bits per heavy atom. The van der Waals surface area contributed by atoms with E-state index in [2.05, 4.69) is 15.6 Å². The fourth-order valence-corrected chi connectivity index (χ4v) is 4.42. The van der Waals surface area contributed by atoms with Crippen LogP contribution in [0.3, 0.4) is 0 Å². The summed E-state index contributed by atoms with van der Waals surface area (Å²) in [5.41, 5.74) is 2.66. The van der Waals surface area contributed by atoms with Crippen LogP contribution in [0.2, 0.25) is 0 Å². The van der Waals surface area contributed by atoms with Gasteiger partial charge in [0.2, 0.25) is 5.91 Å². The maximum atomic E-state index is 13.0. The number of nitrogens with zero attached hydrogens (tertiary/aromatic N) is 1. The molecule has 0 aliphatic carbocycles. The largest absolute Gasteiger partial charge is 0.497 e. The molecule has 1 aromatic heterocycles. The quantitative estimate of drug-likeness (QED) is 0.297. The summed E-state index contributed by atoms with van der Waals surface area (Å²) >= 11 is 2.74. The van der Waals surface area contributed by atoms with Gasteiger partial charge >= 0.3 is 0 Å². The maximum Gasteiger partial charge on any atom is 0.255 e. The number of methoxy groups -OCH3 is 1. The molecule has 6 nitrogen and oxygen atoms in total. The van der Waals surface area contributed by atoms with E-state index in [1.807, 2.05) is 41.8 Å². The molecule has 4 rings (SSSR count). The van der Waals surface area contributed by atoms with Crippen LogP contribution in [0.25, 0.3) is 11.3 Å². The molecule has 0 aliphatic rings. The van der Waals surface area contributed by atoms with Crippen molar-refractivity contribution in [2.75, 3.05) is 23.5 Å². The lowest BCUT2D eigenvalue weighted by Gasteiger charge is -2.07. The molecule has 34 heavy (non-hydrogen) atoms. The molecular formula is C25H20FN3O3S2. The highest BCUT2D eigenvalue weighted by atomic mass is 32.2. The molecule has 2 N–H and O–H groups in total. The van der Waals surface area contributed by atoms with Gasteiger partial charge in [0.05, 0.1) is 18.6 Å². The summed E-state index contributed by atoms with van der Waals surface area (Å²) in [5, 5.41) is 8.00. The van der Waals surface area contributed by atoms with Crippen LogP contribution < -0.4 is 15.4 Å². The summed E-state index contributed by atoms with van der Waals surface area (Å²) in [4.78, 5) is 29.9. The van der Waals surface area contributed by atoms with Gasteiger partial charge in [0.1, 0.15) is 11.6 Å². The van der Waals surface area contributed by atoms with Crippen LogP contribution in [0, 0.1) is 5.82 Å². The number of hydrogen-bond acceptors (Lipinski definition) is 6. The fourth-order valence-electron chi connectivity index (χ4n) is 2.99. The second kappa shape index (κ2) is 11.0. The Morgan fingerprint density at radius 2 is 1.79 bits per heavy atom. The molecule has 0 saturated heterocycles. The molecule has 0 bridgehead atoms. The lowest BCUT2D eigenvalue weighted by atomic mass is 10.2. The van der Waals surface area contributed by atoms with Crippen LogP contribution in [-0.2, 0) is 4.79 Å². The van der Waals surface area contributed by atoms with E-state index < -0.39 is 5.82 Å². The van der Waals surface area contributed by atoms with Crippen LogP contribution in [0.15, 0.2) is 83.1 Å². The van der Waals surface area contributed by atoms with Gasteiger partial charge in [-0.25, -0.2) is 9.37 Å². The number of nitrogens with one attached hydrogen (secondary N) is 2. The third-order valence-electron chi connectivity index (χ3n) is 4.70. The third kappa shape index (κ3) is 6.21. The number of thiazole rings is 1. The number of ether oxygens (including phenoxy) is 1. The van der Waals surface area contributed by atoms with Crippen LogP contribution in [0.5, 0.6) is 5.75 Å². The summed E-state index contributed by atoms with van der Waals surface area (Å²) in [5.74, 6) is 0.0828. The van der Waals surface area contributed by atoms with E-state index in [1.54, 1.807) is 19.2 Å². The van der Waals surface area contributed by atoms with Gasteiger partial charge in [-0.15, -0.1) is 23.1 Å². The van der Waals surface area contributed by atoms with Crippen LogP contribution >= 0.6 is 23.1 Å². The van der Waals surface area contributed by atoms with Crippen molar-refractivity contribution in [3.63, 3.8) is 0 Å². The van der Waals surface area contributed by atoms with E-state index >= 15 is 0 Å². The number of aromatic nitrogens is 1. The van der Waals surface area contributed by atoms with Crippen molar-refractivity contribution in [3.05, 3.63) is 89.6 Å². The molecule has 1 heterocycles. The van der Waals surface area contributed by atoms with Crippen LogP contribution in [0.1, 0.15) is 10.4 Å². The lowest BCUT2D eigenvalue weighted by Crippen LogP contribution is -2.13. The zero-order valence-corrected chi connectivity index (χ0v) is 19.7. The van der Waals surface area contributed by atoms with Gasteiger partial charge in [0.15, 0.2) is 5.13 Å². The summed E-state index contributed by atoms with van der Waals surface area (Å²) in [6.07, 6.45) is 0. The highest BCUT2D eigenvalue weighted by molar-refractivity contribution is 8.00. The highest BCUT2D eigenvalue weighted by Gasteiger charge is 2.10. The van der Waals surface area contributed by atoms with E-state index in [-0.39, 0.29) is 17.6 Å². The molecule has 0 radical (unpaired) electrons. The van der Waals surface area contributed by atoms with Crippen molar-refractivity contribution in [1.29, 1.82) is 0 Å². The van der Waals surface area contributed by atoms with Crippen molar-refractivity contribution in [3.8, 4) is 17.0 Å². The molecule has 0 aliphatic heterocycles. The second-order valence-corrected chi connectivity index (χ2v) is 9.00. The first-order valence-electron chi connectivity index (χ1n) is 10.2. The Balaban J connectivity index is 1.27. The van der Waals surface area contributed by atoms with E-state index in [9.17, 15) is 14.0 Å². The number of halogens is 1. The lowest BCUT2D eigenvalue weighted by molar-refractivity contribution is -0.113. The predicted molar refractivity (Wildman–Crippen MR) is 134 cm³/mol. The summed E-state index contributed by atoms with van der Waals surface area (Å²) in [7, 11) is 1.61. The van der Waals surface area contributed by atoms with Crippen molar-refractivity contribution in [2.45, 2.75) is 4.90 Å². The van der Waals surface area contributed by atoms with E-state index in [4.69, 9.17) is 4.74 Å². The molecule has 0 atom stereocenters. The summed E-state index contributed by atoms with van der Waals surface area (Å²) in [6, 6.07) is 20.1. The summed E-state index contributed by atoms with van der Waals surface area (Å²) in [6.45, 7) is 0. The Kier molecular flexibility index (Phi) is 7.56. The van der Waals surface area contributed by atoms with Gasteiger partial charge < -0.3 is 15.4 Å². The number of benzene rings is 3. The maximum absolute atomic E-state index is 13.0. The zero-order chi connectivity index (χ0) is 23.9. The third-order valence-corrected chi connectivity index (χ3v) is 6.47. The minimum Gasteiger partial charge on any atom is -0.497 e. The van der Waals surface area contributed by atoms with Gasteiger partial charge in [0.25, 0.3) is 5.91 Å². The molecular weight excluding hydrogens is 473 g/mol. The normalized spacial score (nSPS) is 10.5. The smallest absolute Gasteiger partial charge is 0.255 e. The number of anilines is 2. The topological polar surface area (TPSA) is 80.3 Å². The van der Waals surface area contributed by atoms with Gasteiger partial charge in [-0.1, -0.05) is 12.1 Å². The molecule has 0 spiro atoms. The predicted octanol–water partition coefficient (Wildman–Crippen LogP) is 5.94. The van der Waals surface area contributed by atoms with Crippen molar-refractivity contribution < 1.29 is 18.7 Å². The van der Waals surface area contributed by atoms with Crippen LogP contribution in [-0.4, -0.2) is 29.7 Å². The standard InChI is InChI=1S/C25H20FN3O3S2/c1-32-20-4-2-3-17(13-20)22-14-34-25(28-22)29-23(30)15-33-21-11-9-19(10-12-21)27-24(31)16-5-7-18(26)8-6-16/h2-14H,15H2,1H3,(H,27,31)(H,28,29,30). The van der Waals surface area contributed by atoms with E-state index in [0.29, 0.717) is 16.4 Å². The fraction of sp³-hybridized carbons (Fsp3) is 0.0800. The molecule has 2 amide bonds. The molecule has 4 aromatic rings. The number of carbonyl (C=O) groups excluding carboxylic acids is 2. The minimum absolute atomic E-state index is 0.162. The molecule has 172 valence electrons. The Morgan fingerprint density at radius 3 is 2.53 bits per heavy atom. The average Bonchev–Trinajstić information content (AvgIpc) is 3.32. The number of hydrogen-bond donors (Lipinski definition) is 2. The van der Waals surface area contributed by atoms with Gasteiger partial charge in [-0.05, 0) is 60.7 Å². The number of amides is 2. The monoisotopic (exact) mass is 493 g/mol. The first kappa shape index (κ1) is 23.5. The Hall–Kier alpha value is -3.69. The van der Waals surface area contributed by atoms with Crippen molar-refractivity contribution in [1.82, 2.24) is 4.98 Å². The molecule has 3 aromatic carbocycles. The molecule has 0 saturated carbocycles. The number of rotatable bonds is 8. The van der Waals surface area contributed by atoms with Crippen molar-refractivity contribution >= 4 is 45.7 Å². The van der Waals surface area contributed by atoms with Gasteiger partial charge in [0, 0.05) is 27.1 Å². The molecule has 9 heteroatoms. The minimum atomic E-state index is -0.394. The van der Waals surface area contributed by atoms with Crippen LogP contribution in [0.4, 0.5) is 15.2 Å². The molecule has 0 fully saturated rings. The first-order chi connectivity index (χ1) is 16.5. The molecule has 0 unspecified atom stereocenters. The first-order valence-corrected chi connectivity index (χ1v) is 12.1. The SMILES string of the molecule is COc1cccc(-c2csc(NC(=O)CSc3ccc(NC(=O)c4ccc(F)cc4)cc3)n2)c1. The second-order valence-electron chi connectivity index (χ2n) is 7.09. The van der Waals surface area contributed by atoms with Gasteiger partial charge in [-0.2, -0.15) is 0 Å². The van der Waals surface area contributed by atoms with Crippen molar-refractivity contribution in [2.24, 2.45) is 0 Å². The van der Waals surface area contributed by atoms with E-state index in [1.165, 1.54) is 47.4 Å². The highest BCUT2D eigenvalue weighted by Crippen LogP contribution is 2.28.